The third-order valence-corrected chi connectivity index (χ3v) is 2.48. The lowest BCUT2D eigenvalue weighted by Gasteiger charge is -2.07. The van der Waals surface area contributed by atoms with Gasteiger partial charge in [0.05, 0.1) is 10.1 Å². The van der Waals surface area contributed by atoms with Crippen molar-refractivity contribution in [2.75, 3.05) is 0 Å². The largest absolute Gasteiger partial charge is 0.417 e. The highest BCUT2D eigenvalue weighted by Gasteiger charge is 2.31. The quantitative estimate of drug-likeness (QED) is 0.717. The van der Waals surface area contributed by atoms with Crippen molar-refractivity contribution in [1.29, 1.82) is 0 Å². The molecule has 2 aromatic rings. The Balaban J connectivity index is 2.77. The molecule has 0 aliphatic carbocycles. The molecule has 0 spiro atoms. The molecule has 2 aromatic heterocycles. The van der Waals surface area contributed by atoms with Crippen LogP contribution >= 0.6 is 12.2 Å². The minimum atomic E-state index is -4.39. The topological polar surface area (TPSA) is 28.7 Å². The first-order chi connectivity index (χ1) is 7.38. The van der Waals surface area contributed by atoms with Gasteiger partial charge in [0.15, 0.2) is 0 Å². The Morgan fingerprint density at radius 1 is 1.31 bits per heavy atom. The molecule has 0 aromatic carbocycles. The molecule has 6 heteroatoms. The van der Waals surface area contributed by atoms with E-state index in [0.717, 1.165) is 18.0 Å². The number of nitrogens with one attached hydrogen (secondary N) is 1. The number of hydrogen-bond acceptors (Lipinski definition) is 2. The maximum atomic E-state index is 12.4. The Morgan fingerprint density at radius 2 is 2.00 bits per heavy atom. The van der Waals surface area contributed by atoms with Crippen LogP contribution in [0.4, 0.5) is 13.2 Å². The van der Waals surface area contributed by atoms with Crippen molar-refractivity contribution in [3.63, 3.8) is 0 Å². The smallest absolute Gasteiger partial charge is 0.343 e. The summed E-state index contributed by atoms with van der Waals surface area (Å²) in [6, 6.07) is 2.63. The van der Waals surface area contributed by atoms with Crippen molar-refractivity contribution < 1.29 is 13.2 Å². The van der Waals surface area contributed by atoms with Crippen molar-refractivity contribution in [2.24, 2.45) is 0 Å². The number of aromatic nitrogens is 2. The summed E-state index contributed by atoms with van der Waals surface area (Å²) >= 11 is 5.00. The number of nitrogens with zero attached hydrogens (tertiary/aromatic N) is 1. The summed E-state index contributed by atoms with van der Waals surface area (Å²) in [4.78, 5) is 6.59. The molecule has 0 bridgehead atoms. The summed E-state index contributed by atoms with van der Waals surface area (Å²) < 4.78 is 37.7. The summed E-state index contributed by atoms with van der Waals surface area (Å²) in [5, 5.41) is 0.315. The van der Waals surface area contributed by atoms with E-state index in [0.29, 0.717) is 15.5 Å². The van der Waals surface area contributed by atoms with Gasteiger partial charge in [0, 0.05) is 17.3 Å². The molecule has 1 N–H and O–H groups in total. The Hall–Kier alpha value is -1.43. The van der Waals surface area contributed by atoms with E-state index in [-0.39, 0.29) is 0 Å². The van der Waals surface area contributed by atoms with Crippen LogP contribution in [0.2, 0.25) is 0 Å². The lowest BCUT2D eigenvalue weighted by atomic mass is 10.2. The van der Waals surface area contributed by atoms with Crippen molar-refractivity contribution in [3.05, 3.63) is 34.1 Å². The standard InChI is InChI=1S/C10H7F3N2S/c1-5-2-8(16)7-3-6(10(11,12)13)4-14-9(7)15-5/h2-4H,1H3,(H,14,15,16). The molecule has 0 saturated carbocycles. The zero-order valence-corrected chi connectivity index (χ0v) is 9.04. The number of alkyl halides is 3. The number of pyridine rings is 2. The first kappa shape index (κ1) is 11.1. The van der Waals surface area contributed by atoms with Gasteiger partial charge in [-0.05, 0) is 19.1 Å². The molecule has 0 aliphatic heterocycles. The SMILES string of the molecule is Cc1cc(=S)c2cc(C(F)(F)F)cnc2[nH]1. The first-order valence-electron chi connectivity index (χ1n) is 4.45. The Kier molecular flexibility index (Phi) is 2.46. The predicted octanol–water partition coefficient (Wildman–Crippen LogP) is 3.62. The van der Waals surface area contributed by atoms with Gasteiger partial charge < -0.3 is 4.98 Å². The molecule has 0 radical (unpaired) electrons. The van der Waals surface area contributed by atoms with Crippen LogP contribution in [0.3, 0.4) is 0 Å². The maximum Gasteiger partial charge on any atom is 0.417 e. The minimum absolute atomic E-state index is 0.315. The van der Waals surface area contributed by atoms with Gasteiger partial charge in [0.25, 0.3) is 0 Å². The summed E-state index contributed by atoms with van der Waals surface area (Å²) in [6.45, 7) is 1.77. The van der Waals surface area contributed by atoms with Crippen LogP contribution in [0.5, 0.6) is 0 Å². The molecule has 0 atom stereocenters. The number of fused-ring (bicyclic) bond motifs is 1. The second kappa shape index (κ2) is 3.55. The minimum Gasteiger partial charge on any atom is -0.343 e. The number of hydrogen-bond donors (Lipinski definition) is 1. The molecule has 16 heavy (non-hydrogen) atoms. The van der Waals surface area contributed by atoms with Crippen molar-refractivity contribution in [2.45, 2.75) is 13.1 Å². The molecular formula is C10H7F3N2S. The molecule has 0 amide bonds. The van der Waals surface area contributed by atoms with Gasteiger partial charge in [-0.1, -0.05) is 12.2 Å². The van der Waals surface area contributed by atoms with Crippen LogP contribution < -0.4 is 0 Å². The molecule has 2 nitrogen and oxygen atoms in total. The highest BCUT2D eigenvalue weighted by molar-refractivity contribution is 7.71. The van der Waals surface area contributed by atoms with E-state index in [1.54, 1.807) is 13.0 Å². The van der Waals surface area contributed by atoms with Gasteiger partial charge in [-0.25, -0.2) is 4.98 Å². The average Bonchev–Trinajstić information content (AvgIpc) is 2.15. The normalized spacial score (nSPS) is 12.0. The highest BCUT2D eigenvalue weighted by atomic mass is 32.1. The van der Waals surface area contributed by atoms with Crippen molar-refractivity contribution in [1.82, 2.24) is 9.97 Å². The lowest BCUT2D eigenvalue weighted by molar-refractivity contribution is -0.137. The monoisotopic (exact) mass is 244 g/mol. The van der Waals surface area contributed by atoms with Crippen LogP contribution in [0.1, 0.15) is 11.3 Å². The molecule has 2 rings (SSSR count). The zero-order valence-electron chi connectivity index (χ0n) is 8.22. The number of halogens is 3. The average molecular weight is 244 g/mol. The van der Waals surface area contributed by atoms with Gasteiger partial charge >= 0.3 is 6.18 Å². The molecule has 0 saturated heterocycles. The zero-order chi connectivity index (χ0) is 11.9. The molecule has 0 aliphatic rings. The molecule has 84 valence electrons. The lowest BCUT2D eigenvalue weighted by Crippen LogP contribution is -2.05. The van der Waals surface area contributed by atoms with Crippen LogP contribution in [-0.4, -0.2) is 9.97 Å². The second-order valence-electron chi connectivity index (χ2n) is 3.43. The molecular weight excluding hydrogens is 237 g/mol. The fraction of sp³-hybridized carbons (Fsp3) is 0.200. The third-order valence-electron chi connectivity index (χ3n) is 2.14. The fourth-order valence-corrected chi connectivity index (χ4v) is 1.74. The van der Waals surface area contributed by atoms with Crippen LogP contribution in [-0.2, 0) is 6.18 Å². The van der Waals surface area contributed by atoms with E-state index in [1.807, 2.05) is 0 Å². The number of aryl methyl sites for hydroxylation is 1. The van der Waals surface area contributed by atoms with Gasteiger partial charge in [-0.2, -0.15) is 13.2 Å². The van der Waals surface area contributed by atoms with Gasteiger partial charge in [-0.15, -0.1) is 0 Å². The van der Waals surface area contributed by atoms with E-state index in [1.165, 1.54) is 0 Å². The first-order valence-corrected chi connectivity index (χ1v) is 4.85. The van der Waals surface area contributed by atoms with Crippen molar-refractivity contribution >= 4 is 23.3 Å². The summed E-state index contributed by atoms with van der Waals surface area (Å²) in [6.07, 6.45) is -3.60. The number of aromatic amines is 1. The summed E-state index contributed by atoms with van der Waals surface area (Å²) in [5.74, 6) is 0. The molecule has 0 fully saturated rings. The second-order valence-corrected chi connectivity index (χ2v) is 3.87. The van der Waals surface area contributed by atoms with Gasteiger partial charge in [0.2, 0.25) is 0 Å². The van der Waals surface area contributed by atoms with Gasteiger partial charge in [-0.3, -0.25) is 0 Å². The maximum absolute atomic E-state index is 12.4. The van der Waals surface area contributed by atoms with Crippen molar-refractivity contribution in [3.8, 4) is 0 Å². The molecule has 0 unspecified atom stereocenters. The van der Waals surface area contributed by atoms with E-state index in [2.05, 4.69) is 9.97 Å². The van der Waals surface area contributed by atoms with Gasteiger partial charge in [0.1, 0.15) is 5.65 Å². The Morgan fingerprint density at radius 3 is 2.62 bits per heavy atom. The summed E-state index contributed by atoms with van der Waals surface area (Å²) in [5.41, 5.74) is 0.353. The van der Waals surface area contributed by atoms with E-state index < -0.39 is 11.7 Å². The van der Waals surface area contributed by atoms with E-state index in [4.69, 9.17) is 12.2 Å². The Bertz CT molecular complexity index is 601. The molecule has 2 heterocycles. The highest BCUT2D eigenvalue weighted by Crippen LogP contribution is 2.30. The number of H-pyrrole nitrogens is 1. The Labute approximate surface area is 94.1 Å². The van der Waals surface area contributed by atoms with Crippen LogP contribution in [0.25, 0.3) is 11.0 Å². The van der Waals surface area contributed by atoms with Crippen LogP contribution in [0.15, 0.2) is 18.3 Å². The van der Waals surface area contributed by atoms with E-state index in [9.17, 15) is 13.2 Å². The van der Waals surface area contributed by atoms with Crippen LogP contribution in [0, 0.1) is 11.4 Å². The third kappa shape index (κ3) is 1.92. The summed E-state index contributed by atoms with van der Waals surface area (Å²) in [7, 11) is 0. The number of rotatable bonds is 0. The van der Waals surface area contributed by atoms with E-state index >= 15 is 0 Å². The predicted molar refractivity (Wildman–Crippen MR) is 56.7 cm³/mol. The fourth-order valence-electron chi connectivity index (χ4n) is 1.40.